The summed E-state index contributed by atoms with van der Waals surface area (Å²) in [5.41, 5.74) is 2.49. The van der Waals surface area contributed by atoms with Gasteiger partial charge < -0.3 is 20.1 Å². The highest BCUT2D eigenvalue weighted by Crippen LogP contribution is 2.39. The molecule has 0 unspecified atom stereocenters. The molecule has 0 saturated carbocycles. The summed E-state index contributed by atoms with van der Waals surface area (Å²) in [6, 6.07) is 6.50. The Morgan fingerprint density at radius 1 is 1.33 bits per heavy atom. The van der Waals surface area contributed by atoms with Crippen LogP contribution >= 0.6 is 11.8 Å². The fraction of sp³-hybridized carbons (Fsp3) is 0.304. The van der Waals surface area contributed by atoms with E-state index < -0.39 is 12.7 Å². The Labute approximate surface area is 208 Å². The molecular weight excluding hydrogens is 492 g/mol. The van der Waals surface area contributed by atoms with Crippen molar-refractivity contribution >= 4 is 34.9 Å². The number of nitrogens with one attached hydrogen (secondary N) is 1. The Balaban J connectivity index is 1.61. The molecule has 1 aliphatic heterocycles. The zero-order chi connectivity index (χ0) is 25.2. The number of rotatable bonds is 7. The van der Waals surface area contributed by atoms with Crippen molar-refractivity contribution in [1.29, 1.82) is 0 Å². The zero-order valence-electron chi connectivity index (χ0n) is 19.2. The molecule has 4 aromatic rings. The lowest BCUT2D eigenvalue weighted by atomic mass is 10.1. The van der Waals surface area contributed by atoms with Crippen molar-refractivity contribution in [1.82, 2.24) is 29.3 Å². The maximum atomic E-state index is 13.2. The fourth-order valence-corrected chi connectivity index (χ4v) is 4.73. The summed E-state index contributed by atoms with van der Waals surface area (Å²) in [5.74, 6) is -0.00936. The van der Waals surface area contributed by atoms with Crippen molar-refractivity contribution in [3.8, 4) is 17.0 Å². The molecule has 1 aromatic carbocycles. The number of hydrogen-bond acceptors (Lipinski definition) is 7. The standard InChI is InChI=1S/C23H23F2N7O3S/c1-36-15-5-6-19(35-22(24)25)16(10-15)20-18(28-17-11-27-31-9-3-7-26-21(17)31)13-32(29-20)14-4-2-8-30(12-14)23(33)34/h3,5-7,9-11,13-14,22,28H,2,4,8,12H2,1H3,(H,33,34)/t14-/m0/s1. The summed E-state index contributed by atoms with van der Waals surface area (Å²) in [6.07, 6.45) is 9.10. The summed E-state index contributed by atoms with van der Waals surface area (Å²) in [7, 11) is 0. The highest BCUT2D eigenvalue weighted by Gasteiger charge is 2.27. The monoisotopic (exact) mass is 515 g/mol. The zero-order valence-corrected chi connectivity index (χ0v) is 20.0. The van der Waals surface area contributed by atoms with E-state index in [-0.39, 0.29) is 18.3 Å². The number of benzene rings is 1. The van der Waals surface area contributed by atoms with E-state index in [0.717, 1.165) is 11.3 Å². The molecule has 1 aliphatic rings. The van der Waals surface area contributed by atoms with E-state index in [9.17, 15) is 18.7 Å². The molecule has 188 valence electrons. The average Bonchev–Trinajstić information content (AvgIpc) is 3.49. The van der Waals surface area contributed by atoms with E-state index in [0.29, 0.717) is 41.2 Å². The lowest BCUT2D eigenvalue weighted by Crippen LogP contribution is -2.40. The minimum absolute atomic E-state index is 0.00936. The number of likely N-dealkylation sites (tertiary alicyclic amines) is 1. The molecule has 0 aliphatic carbocycles. The minimum atomic E-state index is -3.01. The number of ether oxygens (including phenoxy) is 1. The molecule has 0 bridgehead atoms. The van der Waals surface area contributed by atoms with Gasteiger partial charge in [-0.15, -0.1) is 11.8 Å². The van der Waals surface area contributed by atoms with Gasteiger partial charge in [0.25, 0.3) is 0 Å². The van der Waals surface area contributed by atoms with Crippen LogP contribution in [0.2, 0.25) is 0 Å². The third-order valence-corrected chi connectivity index (χ3v) is 6.70. The third-order valence-electron chi connectivity index (χ3n) is 5.98. The van der Waals surface area contributed by atoms with Crippen LogP contribution in [0.25, 0.3) is 16.9 Å². The Kier molecular flexibility index (Phi) is 6.63. The Bertz CT molecular complexity index is 1390. The first-order chi connectivity index (χ1) is 17.4. The lowest BCUT2D eigenvalue weighted by Gasteiger charge is -2.30. The smallest absolute Gasteiger partial charge is 0.407 e. The van der Waals surface area contributed by atoms with E-state index in [2.05, 4.69) is 15.4 Å². The van der Waals surface area contributed by atoms with Crippen LogP contribution in [-0.2, 0) is 0 Å². The number of aromatic nitrogens is 5. The molecule has 1 saturated heterocycles. The second kappa shape index (κ2) is 10.0. The topological polar surface area (TPSA) is 110 Å². The van der Waals surface area contributed by atoms with Crippen LogP contribution in [0.3, 0.4) is 0 Å². The van der Waals surface area contributed by atoms with Gasteiger partial charge in [0.1, 0.15) is 17.1 Å². The number of nitrogens with zero attached hydrogens (tertiary/aromatic N) is 6. The van der Waals surface area contributed by atoms with Crippen molar-refractivity contribution in [2.75, 3.05) is 24.7 Å². The molecule has 0 spiro atoms. The van der Waals surface area contributed by atoms with Crippen LogP contribution in [0.15, 0.2) is 53.9 Å². The van der Waals surface area contributed by atoms with Crippen LogP contribution in [0.1, 0.15) is 18.9 Å². The molecule has 3 aromatic heterocycles. The van der Waals surface area contributed by atoms with Crippen LogP contribution in [0.5, 0.6) is 5.75 Å². The van der Waals surface area contributed by atoms with E-state index >= 15 is 0 Å². The molecule has 1 amide bonds. The van der Waals surface area contributed by atoms with Gasteiger partial charge in [0.2, 0.25) is 0 Å². The molecule has 1 fully saturated rings. The van der Waals surface area contributed by atoms with Crippen molar-refractivity contribution in [2.45, 2.75) is 30.4 Å². The number of thioether (sulfide) groups is 1. The SMILES string of the molecule is CSc1ccc(OC(F)F)c(-c2nn([C@H]3CCCN(C(=O)O)C3)cc2Nc2cnn3cccnc23)c1. The van der Waals surface area contributed by atoms with Gasteiger partial charge in [-0.1, -0.05) is 0 Å². The van der Waals surface area contributed by atoms with Gasteiger partial charge in [0, 0.05) is 42.1 Å². The van der Waals surface area contributed by atoms with Gasteiger partial charge in [0.15, 0.2) is 5.65 Å². The maximum absolute atomic E-state index is 13.2. The molecule has 10 nitrogen and oxygen atoms in total. The predicted molar refractivity (Wildman–Crippen MR) is 130 cm³/mol. The van der Waals surface area contributed by atoms with Gasteiger partial charge in [-0.25, -0.2) is 14.3 Å². The van der Waals surface area contributed by atoms with Crippen molar-refractivity contribution in [3.63, 3.8) is 0 Å². The minimum Gasteiger partial charge on any atom is -0.465 e. The van der Waals surface area contributed by atoms with Crippen LogP contribution in [-0.4, -0.2) is 66.4 Å². The van der Waals surface area contributed by atoms with Crippen molar-refractivity contribution in [3.05, 3.63) is 49.1 Å². The largest absolute Gasteiger partial charge is 0.465 e. The van der Waals surface area contributed by atoms with Gasteiger partial charge >= 0.3 is 12.7 Å². The van der Waals surface area contributed by atoms with Crippen LogP contribution < -0.4 is 10.1 Å². The molecular formula is C23H23F2N7O3S. The average molecular weight is 516 g/mol. The van der Waals surface area contributed by atoms with Crippen LogP contribution in [0, 0.1) is 0 Å². The predicted octanol–water partition coefficient (Wildman–Crippen LogP) is 4.97. The summed E-state index contributed by atoms with van der Waals surface area (Å²) in [6.45, 7) is -2.27. The number of carboxylic acid groups (broad SMARTS) is 1. The Morgan fingerprint density at radius 3 is 2.97 bits per heavy atom. The second-order valence-electron chi connectivity index (χ2n) is 8.21. The summed E-state index contributed by atoms with van der Waals surface area (Å²) < 4.78 is 34.6. The second-order valence-corrected chi connectivity index (χ2v) is 9.09. The number of piperidine rings is 1. The summed E-state index contributed by atoms with van der Waals surface area (Å²) in [4.78, 5) is 18.1. The molecule has 2 N–H and O–H groups in total. The fourth-order valence-electron chi connectivity index (χ4n) is 4.29. The first-order valence-corrected chi connectivity index (χ1v) is 12.4. The van der Waals surface area contributed by atoms with Crippen molar-refractivity contribution in [2.24, 2.45) is 0 Å². The highest BCUT2D eigenvalue weighted by molar-refractivity contribution is 7.98. The van der Waals surface area contributed by atoms with Crippen molar-refractivity contribution < 1.29 is 23.4 Å². The number of amides is 1. The number of alkyl halides is 2. The molecule has 13 heteroatoms. The first-order valence-electron chi connectivity index (χ1n) is 11.2. The lowest BCUT2D eigenvalue weighted by molar-refractivity contribution is -0.0494. The molecule has 5 rings (SSSR count). The van der Waals surface area contributed by atoms with E-state index in [4.69, 9.17) is 9.84 Å². The molecule has 1 atom stereocenters. The van der Waals surface area contributed by atoms with Gasteiger partial charge in [-0.3, -0.25) is 4.68 Å². The van der Waals surface area contributed by atoms with Gasteiger partial charge in [0.05, 0.1) is 17.9 Å². The summed E-state index contributed by atoms with van der Waals surface area (Å²) in [5, 5.41) is 21.8. The van der Waals surface area contributed by atoms with E-state index in [1.807, 2.05) is 6.26 Å². The van der Waals surface area contributed by atoms with Gasteiger partial charge in [-0.05, 0) is 43.4 Å². The number of anilines is 2. The Morgan fingerprint density at radius 2 is 2.19 bits per heavy atom. The number of fused-ring (bicyclic) bond motifs is 1. The Hall–Kier alpha value is -3.87. The number of halogens is 2. The number of hydrogen-bond donors (Lipinski definition) is 2. The number of carbonyl (C=O) groups is 1. The third kappa shape index (κ3) is 4.78. The quantitative estimate of drug-likeness (QED) is 0.332. The normalized spacial score (nSPS) is 16.0. The first kappa shape index (κ1) is 23.9. The maximum Gasteiger partial charge on any atom is 0.407 e. The van der Waals surface area contributed by atoms with E-state index in [1.165, 1.54) is 22.7 Å². The van der Waals surface area contributed by atoms with Gasteiger partial charge in [-0.2, -0.15) is 19.0 Å². The highest BCUT2D eigenvalue weighted by atomic mass is 32.2. The molecule has 4 heterocycles. The summed E-state index contributed by atoms with van der Waals surface area (Å²) >= 11 is 1.46. The molecule has 0 radical (unpaired) electrons. The van der Waals surface area contributed by atoms with Crippen LogP contribution in [0.4, 0.5) is 25.0 Å². The van der Waals surface area contributed by atoms with E-state index in [1.54, 1.807) is 52.2 Å². The molecule has 36 heavy (non-hydrogen) atoms.